The maximum absolute atomic E-state index is 14.6. The molecule has 1 amide bonds. The molecule has 3 aromatic rings. The number of likely N-dealkylation sites (tertiary alicyclic amines) is 1. The van der Waals surface area contributed by atoms with Crippen molar-refractivity contribution < 1.29 is 32.6 Å². The van der Waals surface area contributed by atoms with E-state index in [4.69, 9.17) is 13.9 Å². The Bertz CT molecular complexity index is 1260. The minimum Gasteiger partial charge on any atom is -0.491 e. The molecule has 1 saturated heterocycles. The lowest BCUT2D eigenvalue weighted by Gasteiger charge is -2.32. The van der Waals surface area contributed by atoms with E-state index in [2.05, 4.69) is 25.3 Å². The zero-order valence-corrected chi connectivity index (χ0v) is 22.5. The molecule has 1 aliphatic rings. The predicted molar refractivity (Wildman–Crippen MR) is 145 cm³/mol. The van der Waals surface area contributed by atoms with Crippen LogP contribution < -0.4 is 20.1 Å². The van der Waals surface area contributed by atoms with Crippen molar-refractivity contribution in [2.75, 3.05) is 44.0 Å². The Hall–Kier alpha value is -3.86. The number of nitrogens with one attached hydrogen (secondary N) is 2. The van der Waals surface area contributed by atoms with Gasteiger partial charge in [0.1, 0.15) is 5.52 Å². The number of hydrogen-bond acceptors (Lipinski definition) is 9. The normalized spacial score (nSPS) is 14.3. The first-order valence-corrected chi connectivity index (χ1v) is 13.2. The summed E-state index contributed by atoms with van der Waals surface area (Å²) >= 11 is 0. The lowest BCUT2D eigenvalue weighted by atomic mass is 10.0. The number of esters is 1. The standard InChI is InChI=1S/C28H35FN4O6/c1-4-37-22-15-18(16-23(26(22)29)38-5-2)17-33-13-11-19(12-14-33)30-28-32-21-8-6-7-20(27(21)39-28)31-24(34)9-10-25(35)36-3/h6-8,15-16,19H,4-5,9-14,17H2,1-3H3,(H,30,32)(H,31,34). The molecule has 4 rings (SSSR count). The van der Waals surface area contributed by atoms with Crippen molar-refractivity contribution in [3.63, 3.8) is 0 Å². The van der Waals surface area contributed by atoms with E-state index in [0.29, 0.717) is 42.6 Å². The molecule has 2 N–H and O–H groups in total. The molecule has 11 heteroatoms. The highest BCUT2D eigenvalue weighted by atomic mass is 19.1. The minimum atomic E-state index is -0.465. The summed E-state index contributed by atoms with van der Waals surface area (Å²) in [5.74, 6) is -0.791. The summed E-state index contributed by atoms with van der Waals surface area (Å²) in [4.78, 5) is 30.4. The van der Waals surface area contributed by atoms with Crippen molar-refractivity contribution in [2.45, 2.75) is 52.1 Å². The number of oxazole rings is 1. The molecule has 39 heavy (non-hydrogen) atoms. The van der Waals surface area contributed by atoms with Crippen LogP contribution in [-0.2, 0) is 20.9 Å². The Morgan fingerprint density at radius 2 is 1.79 bits per heavy atom. The second-order valence-corrected chi connectivity index (χ2v) is 9.26. The number of carbonyl (C=O) groups excluding carboxylic acids is 2. The zero-order chi connectivity index (χ0) is 27.8. The molecule has 0 unspecified atom stereocenters. The number of aromatic nitrogens is 1. The maximum Gasteiger partial charge on any atom is 0.306 e. The Balaban J connectivity index is 1.34. The van der Waals surface area contributed by atoms with Crippen molar-refractivity contribution in [1.29, 1.82) is 0 Å². The number of rotatable bonds is 12. The molecule has 1 fully saturated rings. The molecule has 0 saturated carbocycles. The van der Waals surface area contributed by atoms with E-state index >= 15 is 0 Å². The van der Waals surface area contributed by atoms with Gasteiger partial charge < -0.3 is 29.3 Å². The van der Waals surface area contributed by atoms with E-state index in [1.807, 2.05) is 19.9 Å². The van der Waals surface area contributed by atoms with Crippen molar-refractivity contribution in [3.05, 3.63) is 41.7 Å². The fraction of sp³-hybridized carbons (Fsp3) is 0.464. The molecular weight excluding hydrogens is 507 g/mol. The van der Waals surface area contributed by atoms with E-state index in [1.165, 1.54) is 7.11 Å². The average Bonchev–Trinajstić information content (AvgIpc) is 3.34. The van der Waals surface area contributed by atoms with Gasteiger partial charge in [-0.2, -0.15) is 9.37 Å². The molecule has 1 aromatic heterocycles. The van der Waals surface area contributed by atoms with Gasteiger partial charge in [-0.05, 0) is 56.5 Å². The van der Waals surface area contributed by atoms with E-state index in [0.717, 1.165) is 31.5 Å². The summed E-state index contributed by atoms with van der Waals surface area (Å²) in [7, 11) is 1.29. The molecule has 0 atom stereocenters. The lowest BCUT2D eigenvalue weighted by Crippen LogP contribution is -2.38. The number of hydrogen-bond donors (Lipinski definition) is 2. The molecule has 210 valence electrons. The average molecular weight is 543 g/mol. The smallest absolute Gasteiger partial charge is 0.306 e. The largest absolute Gasteiger partial charge is 0.491 e. The number of fused-ring (bicyclic) bond motifs is 1. The van der Waals surface area contributed by atoms with Crippen LogP contribution in [0.4, 0.5) is 16.1 Å². The zero-order valence-electron chi connectivity index (χ0n) is 22.5. The van der Waals surface area contributed by atoms with Crippen LogP contribution in [0.3, 0.4) is 0 Å². The summed E-state index contributed by atoms with van der Waals surface area (Å²) in [5.41, 5.74) is 2.52. The first kappa shape index (κ1) is 28.2. The first-order chi connectivity index (χ1) is 18.9. The number of halogens is 1. The van der Waals surface area contributed by atoms with Crippen LogP contribution in [0.2, 0.25) is 0 Å². The summed E-state index contributed by atoms with van der Waals surface area (Å²) < 4.78 is 36.1. The lowest BCUT2D eigenvalue weighted by molar-refractivity contribution is -0.141. The van der Waals surface area contributed by atoms with Crippen molar-refractivity contribution in [1.82, 2.24) is 9.88 Å². The van der Waals surface area contributed by atoms with Crippen molar-refractivity contribution in [3.8, 4) is 11.5 Å². The quantitative estimate of drug-likeness (QED) is 0.313. The Morgan fingerprint density at radius 3 is 2.44 bits per heavy atom. The molecular formula is C28H35FN4O6. The van der Waals surface area contributed by atoms with Crippen LogP contribution in [0, 0.1) is 5.82 Å². The number of methoxy groups -OCH3 is 1. The van der Waals surface area contributed by atoms with E-state index < -0.39 is 11.8 Å². The predicted octanol–water partition coefficient (Wildman–Crippen LogP) is 4.73. The topological polar surface area (TPSA) is 115 Å². The molecule has 1 aliphatic heterocycles. The van der Waals surface area contributed by atoms with Gasteiger partial charge in [0.25, 0.3) is 6.01 Å². The summed E-state index contributed by atoms with van der Waals surface area (Å²) in [6.45, 7) is 6.74. The third-order valence-electron chi connectivity index (χ3n) is 6.46. The fourth-order valence-electron chi connectivity index (χ4n) is 4.55. The highest BCUT2D eigenvalue weighted by molar-refractivity contribution is 5.99. The fourth-order valence-corrected chi connectivity index (χ4v) is 4.55. The summed E-state index contributed by atoms with van der Waals surface area (Å²) in [6, 6.07) is 9.37. The Morgan fingerprint density at radius 1 is 1.10 bits per heavy atom. The molecule has 0 radical (unpaired) electrons. The third kappa shape index (κ3) is 7.38. The van der Waals surface area contributed by atoms with Gasteiger partial charge in [-0.25, -0.2) is 0 Å². The summed E-state index contributed by atoms with van der Waals surface area (Å²) in [5, 5.41) is 6.16. The van der Waals surface area contributed by atoms with Crippen LogP contribution in [0.25, 0.3) is 11.1 Å². The number of para-hydroxylation sites is 1. The van der Waals surface area contributed by atoms with Gasteiger partial charge in [-0.15, -0.1) is 0 Å². The van der Waals surface area contributed by atoms with Gasteiger partial charge in [-0.1, -0.05) is 6.07 Å². The molecule has 2 heterocycles. The number of ether oxygens (including phenoxy) is 3. The van der Waals surface area contributed by atoms with Gasteiger partial charge in [0.05, 0.1) is 32.4 Å². The first-order valence-electron chi connectivity index (χ1n) is 13.2. The van der Waals surface area contributed by atoms with Crippen LogP contribution >= 0.6 is 0 Å². The van der Waals surface area contributed by atoms with Crippen LogP contribution in [-0.4, -0.2) is 61.2 Å². The number of amides is 1. The van der Waals surface area contributed by atoms with Gasteiger partial charge in [0, 0.05) is 32.1 Å². The second kappa shape index (κ2) is 13.3. The van der Waals surface area contributed by atoms with Gasteiger partial charge >= 0.3 is 5.97 Å². The van der Waals surface area contributed by atoms with Crippen LogP contribution in [0.5, 0.6) is 11.5 Å². The Labute approximate surface area is 226 Å². The molecule has 0 bridgehead atoms. The minimum absolute atomic E-state index is 0.00272. The molecule has 10 nitrogen and oxygen atoms in total. The van der Waals surface area contributed by atoms with Crippen LogP contribution in [0.1, 0.15) is 45.1 Å². The molecule has 0 spiro atoms. The monoisotopic (exact) mass is 542 g/mol. The highest BCUT2D eigenvalue weighted by Crippen LogP contribution is 2.31. The Kier molecular flexibility index (Phi) is 9.59. The van der Waals surface area contributed by atoms with Gasteiger partial charge in [0.2, 0.25) is 11.7 Å². The highest BCUT2D eigenvalue weighted by Gasteiger charge is 2.23. The SMILES string of the molecule is CCOc1cc(CN2CCC(Nc3nc4cccc(NC(=O)CCC(=O)OC)c4o3)CC2)cc(OCC)c1F. The van der Waals surface area contributed by atoms with Crippen LogP contribution in [0.15, 0.2) is 34.7 Å². The second-order valence-electron chi connectivity index (χ2n) is 9.26. The summed E-state index contributed by atoms with van der Waals surface area (Å²) in [6.07, 6.45) is 1.75. The third-order valence-corrected chi connectivity index (χ3v) is 6.46. The van der Waals surface area contributed by atoms with Gasteiger partial charge in [-0.3, -0.25) is 14.5 Å². The van der Waals surface area contributed by atoms with E-state index in [9.17, 15) is 14.0 Å². The molecule has 2 aromatic carbocycles. The number of anilines is 2. The number of nitrogens with zero attached hydrogens (tertiary/aromatic N) is 2. The number of piperidine rings is 1. The molecule has 0 aliphatic carbocycles. The van der Waals surface area contributed by atoms with Gasteiger partial charge in [0.15, 0.2) is 17.1 Å². The van der Waals surface area contributed by atoms with Crippen molar-refractivity contribution in [2.24, 2.45) is 0 Å². The number of benzene rings is 2. The maximum atomic E-state index is 14.6. The van der Waals surface area contributed by atoms with E-state index in [1.54, 1.807) is 24.3 Å². The van der Waals surface area contributed by atoms with E-state index in [-0.39, 0.29) is 36.3 Å². The van der Waals surface area contributed by atoms with Crippen molar-refractivity contribution >= 4 is 34.7 Å². The number of carbonyl (C=O) groups is 2.